The molecule has 2 aromatic rings. The van der Waals surface area contributed by atoms with E-state index in [-0.39, 0.29) is 17.9 Å². The van der Waals surface area contributed by atoms with Crippen molar-refractivity contribution in [3.8, 4) is 0 Å². The summed E-state index contributed by atoms with van der Waals surface area (Å²) in [5.74, 6) is 0.386. The molecule has 1 fully saturated rings. The average molecular weight is 353 g/mol. The lowest BCUT2D eigenvalue weighted by Crippen LogP contribution is -2.54. The predicted octanol–water partition coefficient (Wildman–Crippen LogP) is 3.25. The van der Waals surface area contributed by atoms with Crippen LogP contribution in [0.3, 0.4) is 0 Å². The van der Waals surface area contributed by atoms with E-state index in [1.807, 2.05) is 56.0 Å². The molecule has 0 radical (unpaired) electrons. The summed E-state index contributed by atoms with van der Waals surface area (Å²) in [6, 6.07) is 9.38. The molecule has 0 saturated carbocycles. The molecule has 2 amide bonds. The maximum absolute atomic E-state index is 12.7. The highest BCUT2D eigenvalue weighted by atomic mass is 16.2. The Morgan fingerprint density at radius 3 is 2.69 bits per heavy atom. The van der Waals surface area contributed by atoms with E-state index in [4.69, 9.17) is 0 Å². The van der Waals surface area contributed by atoms with Gasteiger partial charge in [0.25, 0.3) is 5.91 Å². The molecule has 138 valence electrons. The molecule has 5 nitrogen and oxygen atoms in total. The van der Waals surface area contributed by atoms with Crippen molar-refractivity contribution in [1.29, 1.82) is 0 Å². The third kappa shape index (κ3) is 4.03. The van der Waals surface area contributed by atoms with Crippen LogP contribution in [0.15, 0.2) is 36.5 Å². The molecular formula is C21H27N3O2. The second-order valence-corrected chi connectivity index (χ2v) is 8.38. The largest absolute Gasteiger partial charge is 0.348 e. The van der Waals surface area contributed by atoms with E-state index in [1.165, 1.54) is 0 Å². The SMILES string of the molecule is C[C@H]1C[C@H](NC(=O)c2ccc3cccnc3c2)CN(C(=O)C(C)(C)C)C1. The van der Waals surface area contributed by atoms with E-state index in [0.29, 0.717) is 18.0 Å². The summed E-state index contributed by atoms with van der Waals surface area (Å²) >= 11 is 0. The Labute approximate surface area is 154 Å². The molecule has 0 spiro atoms. The summed E-state index contributed by atoms with van der Waals surface area (Å²) in [5, 5.41) is 4.12. The van der Waals surface area contributed by atoms with Gasteiger partial charge in [-0.25, -0.2) is 0 Å². The lowest BCUT2D eigenvalue weighted by molar-refractivity contribution is -0.141. The van der Waals surface area contributed by atoms with Gasteiger partial charge in [-0.3, -0.25) is 14.6 Å². The Morgan fingerprint density at radius 1 is 1.19 bits per heavy atom. The average Bonchev–Trinajstić information content (AvgIpc) is 2.59. The van der Waals surface area contributed by atoms with Crippen molar-refractivity contribution in [1.82, 2.24) is 15.2 Å². The molecule has 0 aliphatic carbocycles. The number of benzene rings is 1. The number of fused-ring (bicyclic) bond motifs is 1. The fraction of sp³-hybridized carbons (Fsp3) is 0.476. The van der Waals surface area contributed by atoms with E-state index in [9.17, 15) is 9.59 Å². The van der Waals surface area contributed by atoms with Crippen LogP contribution in [0, 0.1) is 11.3 Å². The first-order valence-corrected chi connectivity index (χ1v) is 9.19. The number of piperidine rings is 1. The Kier molecular flexibility index (Phi) is 4.99. The molecule has 1 saturated heterocycles. The minimum absolute atomic E-state index is 0.0306. The van der Waals surface area contributed by atoms with Crippen LogP contribution in [0.1, 0.15) is 44.5 Å². The van der Waals surface area contributed by atoms with Crippen molar-refractivity contribution < 1.29 is 9.59 Å². The number of rotatable bonds is 2. The lowest BCUT2D eigenvalue weighted by Gasteiger charge is -2.39. The van der Waals surface area contributed by atoms with Gasteiger partial charge in [0.2, 0.25) is 5.91 Å². The number of hydrogen-bond acceptors (Lipinski definition) is 3. The summed E-state index contributed by atoms with van der Waals surface area (Å²) < 4.78 is 0. The molecule has 1 aromatic carbocycles. The van der Waals surface area contributed by atoms with Crippen LogP contribution in [0.4, 0.5) is 0 Å². The van der Waals surface area contributed by atoms with Crippen molar-refractivity contribution in [2.75, 3.05) is 13.1 Å². The molecular weight excluding hydrogens is 326 g/mol. The number of amides is 2. The molecule has 0 unspecified atom stereocenters. The summed E-state index contributed by atoms with van der Waals surface area (Å²) in [6.07, 6.45) is 2.61. The highest BCUT2D eigenvalue weighted by Gasteiger charge is 2.33. The quantitative estimate of drug-likeness (QED) is 0.901. The van der Waals surface area contributed by atoms with Crippen molar-refractivity contribution in [2.24, 2.45) is 11.3 Å². The summed E-state index contributed by atoms with van der Waals surface area (Å²) in [7, 11) is 0. The molecule has 2 atom stereocenters. The molecule has 5 heteroatoms. The van der Waals surface area contributed by atoms with Gasteiger partial charge in [0.05, 0.1) is 5.52 Å². The number of carbonyl (C=O) groups is 2. The Balaban J connectivity index is 1.72. The first-order valence-electron chi connectivity index (χ1n) is 9.19. The van der Waals surface area contributed by atoms with E-state index in [2.05, 4.69) is 17.2 Å². The minimum atomic E-state index is -0.407. The zero-order valence-electron chi connectivity index (χ0n) is 16.0. The number of carbonyl (C=O) groups excluding carboxylic acids is 2. The molecule has 2 heterocycles. The van der Waals surface area contributed by atoms with Gasteiger partial charge in [0.15, 0.2) is 0 Å². The van der Waals surface area contributed by atoms with Gasteiger partial charge >= 0.3 is 0 Å². The molecule has 1 aliphatic rings. The number of pyridine rings is 1. The van der Waals surface area contributed by atoms with Crippen molar-refractivity contribution in [3.63, 3.8) is 0 Å². The Bertz CT molecular complexity index is 825. The van der Waals surface area contributed by atoms with E-state index in [1.54, 1.807) is 6.20 Å². The van der Waals surface area contributed by atoms with Gasteiger partial charge in [-0.15, -0.1) is 0 Å². The summed E-state index contributed by atoms with van der Waals surface area (Å²) in [6.45, 7) is 9.25. The Morgan fingerprint density at radius 2 is 1.96 bits per heavy atom. The van der Waals surface area contributed by atoms with Gasteiger partial charge in [-0.1, -0.05) is 39.8 Å². The van der Waals surface area contributed by atoms with Gasteiger partial charge < -0.3 is 10.2 Å². The molecule has 1 aromatic heterocycles. The summed E-state index contributed by atoms with van der Waals surface area (Å²) in [5.41, 5.74) is 1.00. The first-order chi connectivity index (χ1) is 12.2. The van der Waals surface area contributed by atoms with E-state index >= 15 is 0 Å². The summed E-state index contributed by atoms with van der Waals surface area (Å²) in [4.78, 5) is 31.5. The monoisotopic (exact) mass is 353 g/mol. The fourth-order valence-electron chi connectivity index (χ4n) is 3.57. The van der Waals surface area contributed by atoms with E-state index < -0.39 is 5.41 Å². The van der Waals surface area contributed by atoms with E-state index in [0.717, 1.165) is 23.9 Å². The van der Waals surface area contributed by atoms with Crippen LogP contribution in [-0.4, -0.2) is 40.8 Å². The second kappa shape index (κ2) is 7.06. The third-order valence-corrected chi connectivity index (χ3v) is 4.79. The standard InChI is InChI=1S/C21H27N3O2/c1-14-10-17(13-24(12-14)20(26)21(2,3)4)23-19(25)16-8-7-15-6-5-9-22-18(15)11-16/h5-9,11,14,17H,10,12-13H2,1-4H3,(H,23,25)/t14-,17-/m0/s1. The zero-order valence-corrected chi connectivity index (χ0v) is 16.0. The number of nitrogens with zero attached hydrogens (tertiary/aromatic N) is 2. The molecule has 26 heavy (non-hydrogen) atoms. The predicted molar refractivity (Wildman–Crippen MR) is 103 cm³/mol. The Hall–Kier alpha value is -2.43. The number of nitrogens with one attached hydrogen (secondary N) is 1. The lowest BCUT2D eigenvalue weighted by atomic mass is 9.90. The van der Waals surface area contributed by atoms with Crippen LogP contribution >= 0.6 is 0 Å². The smallest absolute Gasteiger partial charge is 0.251 e. The molecule has 1 aliphatic heterocycles. The number of aromatic nitrogens is 1. The van der Waals surface area contributed by atoms with Crippen LogP contribution in [0.2, 0.25) is 0 Å². The maximum Gasteiger partial charge on any atom is 0.251 e. The van der Waals surface area contributed by atoms with Crippen LogP contribution in [0.5, 0.6) is 0 Å². The van der Waals surface area contributed by atoms with Crippen LogP contribution in [0.25, 0.3) is 10.9 Å². The van der Waals surface area contributed by atoms with Crippen molar-refractivity contribution >= 4 is 22.7 Å². The van der Waals surface area contributed by atoms with Crippen LogP contribution < -0.4 is 5.32 Å². The first kappa shape index (κ1) is 18.4. The topological polar surface area (TPSA) is 62.3 Å². The van der Waals surface area contributed by atoms with Gasteiger partial charge in [0, 0.05) is 41.7 Å². The molecule has 1 N–H and O–H groups in total. The number of hydrogen-bond donors (Lipinski definition) is 1. The van der Waals surface area contributed by atoms with Crippen molar-refractivity contribution in [2.45, 2.75) is 40.2 Å². The van der Waals surface area contributed by atoms with Crippen molar-refractivity contribution in [3.05, 3.63) is 42.1 Å². The van der Waals surface area contributed by atoms with Gasteiger partial charge in [0.1, 0.15) is 0 Å². The number of likely N-dealkylation sites (tertiary alicyclic amines) is 1. The highest BCUT2D eigenvalue weighted by Crippen LogP contribution is 2.24. The van der Waals surface area contributed by atoms with Gasteiger partial charge in [-0.05, 0) is 30.5 Å². The minimum Gasteiger partial charge on any atom is -0.348 e. The third-order valence-electron chi connectivity index (χ3n) is 4.79. The van der Waals surface area contributed by atoms with Gasteiger partial charge in [-0.2, -0.15) is 0 Å². The fourth-order valence-corrected chi connectivity index (χ4v) is 3.57. The highest BCUT2D eigenvalue weighted by molar-refractivity contribution is 5.98. The molecule has 3 rings (SSSR count). The van der Waals surface area contributed by atoms with Crippen LogP contribution in [-0.2, 0) is 4.79 Å². The second-order valence-electron chi connectivity index (χ2n) is 8.38. The zero-order chi connectivity index (χ0) is 18.9. The maximum atomic E-state index is 12.7. The normalized spacial score (nSPS) is 20.8. The molecule has 0 bridgehead atoms.